The van der Waals surface area contributed by atoms with E-state index in [1.54, 1.807) is 6.20 Å². The Bertz CT molecular complexity index is 425. The van der Waals surface area contributed by atoms with Crippen molar-refractivity contribution in [2.75, 3.05) is 43.4 Å². The van der Waals surface area contributed by atoms with Gasteiger partial charge in [-0.05, 0) is 20.4 Å². The van der Waals surface area contributed by atoms with Gasteiger partial charge in [0.05, 0.1) is 6.20 Å². The van der Waals surface area contributed by atoms with Crippen molar-refractivity contribution in [3.8, 4) is 0 Å². The van der Waals surface area contributed by atoms with Crippen LogP contribution >= 0.6 is 11.6 Å². The number of hydrogen-bond acceptors (Lipinski definition) is 5. The van der Waals surface area contributed by atoms with Gasteiger partial charge in [-0.25, -0.2) is 4.98 Å². The fourth-order valence-corrected chi connectivity index (χ4v) is 2.35. The van der Waals surface area contributed by atoms with E-state index in [4.69, 9.17) is 11.6 Å². The van der Waals surface area contributed by atoms with Crippen LogP contribution in [0.1, 0.15) is 20.3 Å². The van der Waals surface area contributed by atoms with E-state index in [1.807, 2.05) is 0 Å². The Labute approximate surface area is 120 Å². The zero-order chi connectivity index (χ0) is 13.8. The van der Waals surface area contributed by atoms with E-state index in [-0.39, 0.29) is 0 Å². The largest absolute Gasteiger partial charge is 0.354 e. The van der Waals surface area contributed by atoms with Crippen LogP contribution in [0.5, 0.6) is 0 Å². The number of halogens is 1. The first-order valence-electron chi connectivity index (χ1n) is 6.83. The minimum Gasteiger partial charge on any atom is -0.354 e. The molecule has 1 N–H and O–H groups in total. The molecule has 2 heterocycles. The first kappa shape index (κ1) is 14.3. The zero-order valence-corrected chi connectivity index (χ0v) is 12.6. The van der Waals surface area contributed by atoms with E-state index in [0.717, 1.165) is 38.4 Å². The fraction of sp³-hybridized carbons (Fsp3) is 0.692. The van der Waals surface area contributed by atoms with E-state index in [1.165, 1.54) is 0 Å². The van der Waals surface area contributed by atoms with Crippen LogP contribution < -0.4 is 10.2 Å². The molecule has 1 atom stereocenters. The molecule has 0 aliphatic carbocycles. The van der Waals surface area contributed by atoms with Crippen molar-refractivity contribution >= 4 is 23.4 Å². The van der Waals surface area contributed by atoms with Gasteiger partial charge in [-0.15, -0.1) is 0 Å². The number of rotatable bonds is 4. The second-order valence-corrected chi connectivity index (χ2v) is 5.47. The summed E-state index contributed by atoms with van der Waals surface area (Å²) in [7, 11) is 2.15. The van der Waals surface area contributed by atoms with Crippen LogP contribution in [0, 0.1) is 0 Å². The monoisotopic (exact) mass is 283 g/mol. The van der Waals surface area contributed by atoms with Crippen molar-refractivity contribution in [1.29, 1.82) is 0 Å². The summed E-state index contributed by atoms with van der Waals surface area (Å²) in [6, 6.07) is 0.506. The van der Waals surface area contributed by atoms with Crippen molar-refractivity contribution in [1.82, 2.24) is 14.9 Å². The molecule has 1 aromatic rings. The van der Waals surface area contributed by atoms with E-state index in [0.29, 0.717) is 17.0 Å². The molecule has 1 unspecified atom stereocenters. The standard InChI is InChI=1S/C13H22ClN5/c1-4-5-15-13-16-8-11(14)12(17-13)19-7-6-18(3)10(2)9-19/h8,10H,4-7,9H2,1-3H3,(H,15,16,17). The maximum atomic E-state index is 6.24. The third-order valence-electron chi connectivity index (χ3n) is 3.52. The van der Waals surface area contributed by atoms with Crippen LogP contribution in [0.3, 0.4) is 0 Å². The summed E-state index contributed by atoms with van der Waals surface area (Å²) in [5, 5.41) is 3.83. The lowest BCUT2D eigenvalue weighted by Gasteiger charge is -2.38. The molecule has 0 spiro atoms. The summed E-state index contributed by atoms with van der Waals surface area (Å²) in [4.78, 5) is 13.4. The Morgan fingerprint density at radius 2 is 2.26 bits per heavy atom. The molecule has 2 rings (SSSR count). The highest BCUT2D eigenvalue weighted by Gasteiger charge is 2.23. The van der Waals surface area contributed by atoms with E-state index >= 15 is 0 Å². The van der Waals surface area contributed by atoms with Crippen LogP contribution in [0.25, 0.3) is 0 Å². The average molecular weight is 284 g/mol. The highest BCUT2D eigenvalue weighted by atomic mass is 35.5. The molecule has 1 fully saturated rings. The van der Waals surface area contributed by atoms with Crippen molar-refractivity contribution < 1.29 is 0 Å². The predicted molar refractivity (Wildman–Crippen MR) is 80.1 cm³/mol. The minimum atomic E-state index is 0.506. The summed E-state index contributed by atoms with van der Waals surface area (Å²) in [6.45, 7) is 8.13. The lowest BCUT2D eigenvalue weighted by Crippen LogP contribution is -2.50. The van der Waals surface area contributed by atoms with Gasteiger partial charge in [0.1, 0.15) is 5.02 Å². The van der Waals surface area contributed by atoms with Crippen molar-refractivity contribution in [3.05, 3.63) is 11.2 Å². The topological polar surface area (TPSA) is 44.3 Å². The molecule has 0 radical (unpaired) electrons. The number of nitrogens with zero attached hydrogens (tertiary/aromatic N) is 4. The molecule has 0 bridgehead atoms. The van der Waals surface area contributed by atoms with Gasteiger partial charge in [0, 0.05) is 32.2 Å². The molecule has 19 heavy (non-hydrogen) atoms. The molecule has 0 aromatic carbocycles. The SMILES string of the molecule is CCCNc1ncc(Cl)c(N2CCN(C)C(C)C2)n1. The van der Waals surface area contributed by atoms with E-state index < -0.39 is 0 Å². The highest BCUT2D eigenvalue weighted by molar-refractivity contribution is 6.32. The smallest absolute Gasteiger partial charge is 0.224 e. The molecule has 0 saturated carbocycles. The van der Waals surface area contributed by atoms with Crippen LogP contribution in [0.15, 0.2) is 6.20 Å². The first-order valence-corrected chi connectivity index (χ1v) is 7.21. The van der Waals surface area contributed by atoms with Crippen LogP contribution in [-0.2, 0) is 0 Å². The third kappa shape index (κ3) is 3.48. The third-order valence-corrected chi connectivity index (χ3v) is 3.78. The van der Waals surface area contributed by atoms with Gasteiger partial charge in [0.2, 0.25) is 5.95 Å². The van der Waals surface area contributed by atoms with E-state index in [9.17, 15) is 0 Å². The quantitative estimate of drug-likeness (QED) is 0.917. The summed E-state index contributed by atoms with van der Waals surface area (Å²) in [5.41, 5.74) is 0. The Morgan fingerprint density at radius 3 is 2.95 bits per heavy atom. The summed E-state index contributed by atoms with van der Waals surface area (Å²) >= 11 is 6.24. The molecule has 0 amide bonds. The minimum absolute atomic E-state index is 0.506. The Balaban J connectivity index is 2.14. The van der Waals surface area contributed by atoms with E-state index in [2.05, 4.69) is 46.0 Å². The molecular formula is C13H22ClN5. The summed E-state index contributed by atoms with van der Waals surface area (Å²) < 4.78 is 0. The lowest BCUT2D eigenvalue weighted by molar-refractivity contribution is 0.233. The van der Waals surface area contributed by atoms with Crippen molar-refractivity contribution in [2.24, 2.45) is 0 Å². The second kappa shape index (κ2) is 6.39. The normalized spacial score (nSPS) is 20.6. The Morgan fingerprint density at radius 1 is 1.47 bits per heavy atom. The predicted octanol–water partition coefficient (Wildman–Crippen LogP) is 2.09. The molecule has 5 nitrogen and oxygen atoms in total. The average Bonchev–Trinajstić information content (AvgIpc) is 2.41. The lowest BCUT2D eigenvalue weighted by atomic mass is 10.2. The van der Waals surface area contributed by atoms with Gasteiger partial charge >= 0.3 is 0 Å². The number of hydrogen-bond donors (Lipinski definition) is 1. The summed E-state index contributed by atoms with van der Waals surface area (Å²) in [5.74, 6) is 1.50. The molecule has 1 saturated heterocycles. The van der Waals surface area contributed by atoms with Crippen LogP contribution in [-0.4, -0.2) is 54.1 Å². The van der Waals surface area contributed by atoms with Gasteiger partial charge < -0.3 is 15.1 Å². The molecule has 1 aliphatic heterocycles. The number of aromatic nitrogens is 2. The number of piperazine rings is 1. The summed E-state index contributed by atoms with van der Waals surface area (Å²) in [6.07, 6.45) is 2.73. The molecule has 1 aromatic heterocycles. The van der Waals surface area contributed by atoms with Crippen molar-refractivity contribution in [3.63, 3.8) is 0 Å². The Kier molecular flexibility index (Phi) is 4.82. The maximum Gasteiger partial charge on any atom is 0.224 e. The van der Waals surface area contributed by atoms with Gasteiger partial charge in [-0.1, -0.05) is 18.5 Å². The second-order valence-electron chi connectivity index (χ2n) is 5.07. The zero-order valence-electron chi connectivity index (χ0n) is 11.9. The van der Waals surface area contributed by atoms with Crippen LogP contribution in [0.2, 0.25) is 5.02 Å². The van der Waals surface area contributed by atoms with Gasteiger partial charge in [-0.3, -0.25) is 0 Å². The van der Waals surface area contributed by atoms with Crippen molar-refractivity contribution in [2.45, 2.75) is 26.3 Å². The fourth-order valence-electron chi connectivity index (χ4n) is 2.14. The number of anilines is 2. The molecule has 1 aliphatic rings. The van der Waals surface area contributed by atoms with Gasteiger partial charge in [0.25, 0.3) is 0 Å². The van der Waals surface area contributed by atoms with Crippen LogP contribution in [0.4, 0.5) is 11.8 Å². The first-order chi connectivity index (χ1) is 9.11. The van der Waals surface area contributed by atoms with Gasteiger partial charge in [0.15, 0.2) is 5.82 Å². The number of likely N-dealkylation sites (N-methyl/N-ethyl adjacent to an activating group) is 1. The Hall–Kier alpha value is -1.07. The maximum absolute atomic E-state index is 6.24. The highest BCUT2D eigenvalue weighted by Crippen LogP contribution is 2.25. The van der Waals surface area contributed by atoms with Gasteiger partial charge in [-0.2, -0.15) is 4.98 Å². The molecule has 6 heteroatoms. The molecule has 106 valence electrons. The molecular weight excluding hydrogens is 262 g/mol. The number of nitrogens with one attached hydrogen (secondary N) is 1.